The molecule has 0 aliphatic carbocycles. The fourth-order valence-electron chi connectivity index (χ4n) is 2.59. The zero-order valence-corrected chi connectivity index (χ0v) is 16.3. The highest BCUT2D eigenvalue weighted by Gasteiger charge is 2.17. The van der Waals surface area contributed by atoms with E-state index < -0.39 is 5.91 Å². The third-order valence-electron chi connectivity index (χ3n) is 3.99. The molecule has 0 aliphatic rings. The van der Waals surface area contributed by atoms with Crippen LogP contribution in [-0.4, -0.2) is 28.7 Å². The quantitative estimate of drug-likeness (QED) is 0.670. The summed E-state index contributed by atoms with van der Waals surface area (Å²) < 4.78 is 6.56. The Hall–Kier alpha value is -3.83. The first-order valence-electron chi connectivity index (χ1n) is 8.41. The SMILES string of the molecule is COc1nn(C)cc1C(=O)Nc1ccc(C(=O)Nc2cc(Cl)ccc2C#N)cc1. The summed E-state index contributed by atoms with van der Waals surface area (Å²) >= 11 is 5.93. The molecule has 2 aromatic carbocycles. The number of nitrogens with one attached hydrogen (secondary N) is 2. The third kappa shape index (κ3) is 4.54. The van der Waals surface area contributed by atoms with Gasteiger partial charge in [-0.2, -0.15) is 5.26 Å². The molecule has 0 bridgehead atoms. The summed E-state index contributed by atoms with van der Waals surface area (Å²) in [6, 6.07) is 12.9. The molecule has 0 atom stereocenters. The van der Waals surface area contributed by atoms with Gasteiger partial charge in [0.25, 0.3) is 11.8 Å². The lowest BCUT2D eigenvalue weighted by Crippen LogP contribution is -2.14. The molecule has 0 saturated heterocycles. The number of methoxy groups -OCH3 is 1. The first-order chi connectivity index (χ1) is 13.9. The lowest BCUT2D eigenvalue weighted by atomic mass is 10.1. The van der Waals surface area contributed by atoms with E-state index in [2.05, 4.69) is 15.7 Å². The van der Waals surface area contributed by atoms with Gasteiger partial charge >= 0.3 is 0 Å². The maximum atomic E-state index is 12.5. The Kier molecular flexibility index (Phi) is 5.81. The highest BCUT2D eigenvalue weighted by molar-refractivity contribution is 6.31. The molecule has 0 radical (unpaired) electrons. The van der Waals surface area contributed by atoms with E-state index in [4.69, 9.17) is 21.6 Å². The molecule has 3 rings (SSSR count). The first kappa shape index (κ1) is 19.9. The smallest absolute Gasteiger partial charge is 0.262 e. The molecule has 29 heavy (non-hydrogen) atoms. The second kappa shape index (κ2) is 8.46. The summed E-state index contributed by atoms with van der Waals surface area (Å²) in [6.45, 7) is 0. The second-order valence-corrected chi connectivity index (χ2v) is 6.45. The van der Waals surface area contributed by atoms with E-state index >= 15 is 0 Å². The Morgan fingerprint density at radius 3 is 2.52 bits per heavy atom. The molecule has 8 nitrogen and oxygen atoms in total. The van der Waals surface area contributed by atoms with Crippen molar-refractivity contribution < 1.29 is 14.3 Å². The number of aryl methyl sites for hydroxylation is 1. The predicted molar refractivity (Wildman–Crippen MR) is 108 cm³/mol. The number of hydrogen-bond donors (Lipinski definition) is 2. The summed E-state index contributed by atoms with van der Waals surface area (Å²) in [5, 5.41) is 19.0. The van der Waals surface area contributed by atoms with Crippen LogP contribution in [0.15, 0.2) is 48.7 Å². The topological polar surface area (TPSA) is 109 Å². The van der Waals surface area contributed by atoms with Gasteiger partial charge in [0, 0.05) is 29.5 Å². The number of nitriles is 1. The van der Waals surface area contributed by atoms with Crippen LogP contribution in [0.4, 0.5) is 11.4 Å². The fourth-order valence-corrected chi connectivity index (χ4v) is 2.76. The van der Waals surface area contributed by atoms with Gasteiger partial charge in [-0.3, -0.25) is 14.3 Å². The van der Waals surface area contributed by atoms with Crippen LogP contribution in [0.3, 0.4) is 0 Å². The van der Waals surface area contributed by atoms with Gasteiger partial charge < -0.3 is 15.4 Å². The van der Waals surface area contributed by atoms with Gasteiger partial charge in [0.05, 0.1) is 18.4 Å². The zero-order valence-electron chi connectivity index (χ0n) is 15.6. The van der Waals surface area contributed by atoms with Crippen LogP contribution in [0.1, 0.15) is 26.3 Å². The third-order valence-corrected chi connectivity index (χ3v) is 4.22. The van der Waals surface area contributed by atoms with Crippen molar-refractivity contribution in [1.82, 2.24) is 9.78 Å². The molecular weight excluding hydrogens is 394 g/mol. The molecule has 0 unspecified atom stereocenters. The minimum absolute atomic E-state index is 0.218. The van der Waals surface area contributed by atoms with Crippen LogP contribution >= 0.6 is 11.6 Å². The number of benzene rings is 2. The molecule has 0 aliphatic heterocycles. The molecule has 146 valence electrons. The molecular formula is C20H16ClN5O3. The van der Waals surface area contributed by atoms with E-state index in [1.807, 2.05) is 6.07 Å². The molecule has 2 N–H and O–H groups in total. The van der Waals surface area contributed by atoms with Crippen molar-refractivity contribution in [2.45, 2.75) is 0 Å². The monoisotopic (exact) mass is 409 g/mol. The first-order valence-corrected chi connectivity index (χ1v) is 8.79. The molecule has 0 saturated carbocycles. The van der Waals surface area contributed by atoms with Crippen molar-refractivity contribution >= 4 is 34.8 Å². The molecule has 3 aromatic rings. The van der Waals surface area contributed by atoms with Crippen molar-refractivity contribution in [1.29, 1.82) is 5.26 Å². The van der Waals surface area contributed by atoms with Crippen LogP contribution in [0.25, 0.3) is 0 Å². The summed E-state index contributed by atoms with van der Waals surface area (Å²) in [5.41, 5.74) is 1.77. The summed E-state index contributed by atoms with van der Waals surface area (Å²) in [5.74, 6) is -0.573. The normalized spacial score (nSPS) is 10.1. The van der Waals surface area contributed by atoms with E-state index in [1.54, 1.807) is 43.6 Å². The van der Waals surface area contributed by atoms with Crippen molar-refractivity contribution in [3.05, 3.63) is 70.4 Å². The summed E-state index contributed by atoms with van der Waals surface area (Å²) in [6.07, 6.45) is 1.55. The maximum Gasteiger partial charge on any atom is 0.262 e. The predicted octanol–water partition coefficient (Wildman–Crippen LogP) is 3.46. The fraction of sp³-hybridized carbons (Fsp3) is 0.100. The Bertz CT molecular complexity index is 1120. The zero-order chi connectivity index (χ0) is 21.0. The van der Waals surface area contributed by atoms with E-state index in [0.717, 1.165) is 0 Å². The van der Waals surface area contributed by atoms with E-state index in [9.17, 15) is 9.59 Å². The summed E-state index contributed by atoms with van der Waals surface area (Å²) in [4.78, 5) is 24.9. The minimum atomic E-state index is -0.407. The largest absolute Gasteiger partial charge is 0.479 e. The minimum Gasteiger partial charge on any atom is -0.479 e. The Balaban J connectivity index is 1.71. The number of aromatic nitrogens is 2. The van der Waals surface area contributed by atoms with Gasteiger partial charge in [0.15, 0.2) is 0 Å². The Morgan fingerprint density at radius 1 is 1.14 bits per heavy atom. The van der Waals surface area contributed by atoms with Gasteiger partial charge in [0.2, 0.25) is 5.88 Å². The molecule has 0 fully saturated rings. The van der Waals surface area contributed by atoms with Crippen LogP contribution in [-0.2, 0) is 7.05 Å². The summed E-state index contributed by atoms with van der Waals surface area (Å²) in [7, 11) is 3.12. The number of nitrogens with zero attached hydrogens (tertiary/aromatic N) is 3. The van der Waals surface area contributed by atoms with Gasteiger partial charge in [-0.15, -0.1) is 5.10 Å². The van der Waals surface area contributed by atoms with Gasteiger partial charge in [-0.1, -0.05) is 11.6 Å². The van der Waals surface area contributed by atoms with Crippen LogP contribution in [0, 0.1) is 11.3 Å². The van der Waals surface area contributed by atoms with Crippen molar-refractivity contribution in [3.63, 3.8) is 0 Å². The van der Waals surface area contributed by atoms with Crippen LogP contribution in [0.2, 0.25) is 5.02 Å². The average Bonchev–Trinajstić information content (AvgIpc) is 3.09. The van der Waals surface area contributed by atoms with Gasteiger partial charge in [-0.25, -0.2) is 0 Å². The lowest BCUT2D eigenvalue weighted by Gasteiger charge is -2.09. The number of carbonyl (C=O) groups excluding carboxylic acids is 2. The maximum absolute atomic E-state index is 12.5. The number of anilines is 2. The number of amides is 2. The Labute approximate surface area is 171 Å². The van der Waals surface area contributed by atoms with E-state index in [-0.39, 0.29) is 11.8 Å². The van der Waals surface area contributed by atoms with Crippen molar-refractivity contribution in [2.24, 2.45) is 7.05 Å². The number of hydrogen-bond acceptors (Lipinski definition) is 5. The molecule has 9 heteroatoms. The molecule has 0 spiro atoms. The Morgan fingerprint density at radius 2 is 1.86 bits per heavy atom. The van der Waals surface area contributed by atoms with E-state index in [0.29, 0.717) is 33.1 Å². The number of rotatable bonds is 5. The van der Waals surface area contributed by atoms with Crippen molar-refractivity contribution in [2.75, 3.05) is 17.7 Å². The lowest BCUT2D eigenvalue weighted by molar-refractivity contribution is 0.101. The average molecular weight is 410 g/mol. The van der Waals surface area contributed by atoms with Crippen LogP contribution in [0.5, 0.6) is 5.88 Å². The van der Waals surface area contributed by atoms with Gasteiger partial charge in [-0.05, 0) is 42.5 Å². The number of halogens is 1. The number of ether oxygens (including phenoxy) is 1. The molecule has 1 heterocycles. The van der Waals surface area contributed by atoms with Crippen molar-refractivity contribution in [3.8, 4) is 11.9 Å². The molecule has 1 aromatic heterocycles. The van der Waals surface area contributed by atoms with Crippen LogP contribution < -0.4 is 15.4 Å². The standard InChI is InChI=1S/C20H16ClN5O3/c1-26-11-16(20(25-26)29-2)19(28)23-15-7-4-12(5-8-15)18(27)24-17-9-14(21)6-3-13(17)10-22/h3-9,11H,1-2H3,(H,23,28)(H,24,27). The number of carbonyl (C=O) groups is 2. The highest BCUT2D eigenvalue weighted by Crippen LogP contribution is 2.22. The highest BCUT2D eigenvalue weighted by atomic mass is 35.5. The van der Waals surface area contributed by atoms with E-state index in [1.165, 1.54) is 23.9 Å². The molecule has 2 amide bonds. The van der Waals surface area contributed by atoms with Gasteiger partial charge in [0.1, 0.15) is 11.6 Å². The second-order valence-electron chi connectivity index (χ2n) is 6.01.